The van der Waals surface area contributed by atoms with Gasteiger partial charge in [-0.3, -0.25) is 4.79 Å². The van der Waals surface area contributed by atoms with E-state index in [0.29, 0.717) is 18.7 Å². The van der Waals surface area contributed by atoms with E-state index in [2.05, 4.69) is 21.8 Å². The van der Waals surface area contributed by atoms with Gasteiger partial charge in [0.15, 0.2) is 11.5 Å². The minimum absolute atomic E-state index is 0.0389. The first-order valence-electron chi connectivity index (χ1n) is 10.5. The van der Waals surface area contributed by atoms with Gasteiger partial charge in [-0.1, -0.05) is 18.2 Å². The highest BCUT2D eigenvalue weighted by atomic mass is 19.3. The molecular weight excluding hydrogens is 418 g/mol. The third-order valence-corrected chi connectivity index (χ3v) is 5.01. The molecule has 0 radical (unpaired) electrons. The monoisotopic (exact) mass is 446 g/mol. The largest absolute Gasteiger partial charge is 0.490 e. The number of carbonyl (C=O) groups excluding carboxylic acids is 1. The summed E-state index contributed by atoms with van der Waals surface area (Å²) in [5.74, 6) is -0.00722. The fraction of sp³-hybridized carbons (Fsp3) is 0.375. The molecule has 6 nitrogen and oxygen atoms in total. The second-order valence-electron chi connectivity index (χ2n) is 7.31. The number of amides is 1. The normalized spacial score (nSPS) is 14.1. The average Bonchev–Trinajstić information content (AvgIpc) is 2.80. The van der Waals surface area contributed by atoms with E-state index in [1.807, 2.05) is 12.1 Å². The number of halogens is 2. The summed E-state index contributed by atoms with van der Waals surface area (Å²) in [5.41, 5.74) is 2.82. The van der Waals surface area contributed by atoms with Crippen LogP contribution in [0.1, 0.15) is 18.1 Å². The lowest BCUT2D eigenvalue weighted by Crippen LogP contribution is -2.36. The fourth-order valence-corrected chi connectivity index (χ4v) is 3.37. The molecule has 0 aliphatic carbocycles. The summed E-state index contributed by atoms with van der Waals surface area (Å²) in [6.45, 7) is 2.82. The smallest absolute Gasteiger partial charge is 0.387 e. The molecule has 0 atom stereocenters. The number of carbonyl (C=O) groups is 1. The summed E-state index contributed by atoms with van der Waals surface area (Å²) in [5, 5.41) is 0. The van der Waals surface area contributed by atoms with Crippen molar-refractivity contribution < 1.29 is 27.8 Å². The molecule has 2 aromatic carbocycles. The second-order valence-corrected chi connectivity index (χ2v) is 7.31. The van der Waals surface area contributed by atoms with Crippen LogP contribution in [0.25, 0.3) is 6.08 Å². The Morgan fingerprint density at radius 2 is 1.88 bits per heavy atom. The van der Waals surface area contributed by atoms with E-state index in [9.17, 15) is 13.6 Å². The Balaban J connectivity index is 1.59. The number of rotatable bonds is 9. The fourth-order valence-electron chi connectivity index (χ4n) is 3.37. The van der Waals surface area contributed by atoms with Crippen molar-refractivity contribution in [2.24, 2.45) is 0 Å². The lowest BCUT2D eigenvalue weighted by molar-refractivity contribution is -0.125. The molecule has 172 valence electrons. The topological polar surface area (TPSA) is 51.2 Å². The van der Waals surface area contributed by atoms with Crippen molar-refractivity contribution in [1.82, 2.24) is 4.90 Å². The Morgan fingerprint density at radius 3 is 2.53 bits per heavy atom. The quantitative estimate of drug-likeness (QED) is 0.541. The number of likely N-dealkylation sites (N-methyl/N-ethyl adjacent to an activating group) is 1. The Bertz CT molecular complexity index is 913. The predicted octanol–water partition coefficient (Wildman–Crippen LogP) is 4.20. The zero-order valence-electron chi connectivity index (χ0n) is 18.3. The van der Waals surface area contributed by atoms with E-state index in [1.54, 1.807) is 37.1 Å². The third-order valence-electron chi connectivity index (χ3n) is 5.01. The predicted molar refractivity (Wildman–Crippen MR) is 119 cm³/mol. The summed E-state index contributed by atoms with van der Waals surface area (Å²) < 4.78 is 40.3. The highest BCUT2D eigenvalue weighted by molar-refractivity contribution is 5.91. The number of ether oxygens (including phenoxy) is 3. The average molecular weight is 446 g/mol. The number of hydrogen-bond acceptors (Lipinski definition) is 5. The van der Waals surface area contributed by atoms with E-state index >= 15 is 0 Å². The van der Waals surface area contributed by atoms with Crippen molar-refractivity contribution >= 4 is 17.7 Å². The molecule has 0 saturated carbocycles. The molecule has 1 saturated heterocycles. The Kier molecular flexibility index (Phi) is 8.44. The summed E-state index contributed by atoms with van der Waals surface area (Å²) in [4.78, 5) is 16.4. The SMILES string of the molecule is CCOc1cc(/C=C/C(=O)N(C)Cc2ccc(N3CCOCC3)cc2)ccc1OC(F)F. The maximum absolute atomic E-state index is 12.5. The first-order valence-corrected chi connectivity index (χ1v) is 10.5. The van der Waals surface area contributed by atoms with E-state index < -0.39 is 6.61 Å². The molecule has 8 heteroatoms. The van der Waals surface area contributed by atoms with Gasteiger partial charge in [0.05, 0.1) is 19.8 Å². The van der Waals surface area contributed by atoms with Gasteiger partial charge in [-0.15, -0.1) is 0 Å². The molecule has 0 spiro atoms. The van der Waals surface area contributed by atoms with Crippen LogP contribution in [-0.2, 0) is 16.1 Å². The molecule has 0 N–H and O–H groups in total. The van der Waals surface area contributed by atoms with Crippen LogP contribution in [-0.4, -0.2) is 57.4 Å². The Hall–Kier alpha value is -3.13. The summed E-state index contributed by atoms with van der Waals surface area (Å²) in [6.07, 6.45) is 3.07. The lowest BCUT2D eigenvalue weighted by atomic mass is 10.1. The van der Waals surface area contributed by atoms with Crippen LogP contribution in [0, 0.1) is 0 Å². The molecule has 1 fully saturated rings. The standard InChI is InChI=1S/C24H28F2N2O4/c1-3-31-22-16-18(6-10-21(22)32-24(25)26)7-11-23(29)27(2)17-19-4-8-20(9-5-19)28-12-14-30-15-13-28/h4-11,16,24H,3,12-15,17H2,1-2H3/b11-7+. The first kappa shape index (κ1) is 23.5. The van der Waals surface area contributed by atoms with Gasteiger partial charge >= 0.3 is 6.61 Å². The molecule has 1 heterocycles. The van der Waals surface area contributed by atoms with Crippen LogP contribution >= 0.6 is 0 Å². The highest BCUT2D eigenvalue weighted by Gasteiger charge is 2.13. The summed E-state index contributed by atoms with van der Waals surface area (Å²) in [7, 11) is 1.73. The van der Waals surface area contributed by atoms with Crippen molar-refractivity contribution in [3.63, 3.8) is 0 Å². The molecule has 0 bridgehead atoms. The number of benzene rings is 2. The van der Waals surface area contributed by atoms with E-state index in [1.165, 1.54) is 12.1 Å². The van der Waals surface area contributed by atoms with Gasteiger partial charge in [-0.25, -0.2) is 0 Å². The molecule has 1 amide bonds. The van der Waals surface area contributed by atoms with Crippen LogP contribution in [0.5, 0.6) is 11.5 Å². The molecule has 0 unspecified atom stereocenters. The number of nitrogens with zero attached hydrogens (tertiary/aromatic N) is 2. The zero-order valence-corrected chi connectivity index (χ0v) is 18.3. The van der Waals surface area contributed by atoms with Crippen LogP contribution in [0.15, 0.2) is 48.5 Å². The van der Waals surface area contributed by atoms with E-state index in [4.69, 9.17) is 9.47 Å². The summed E-state index contributed by atoms with van der Waals surface area (Å²) in [6, 6.07) is 12.7. The van der Waals surface area contributed by atoms with Crippen molar-refractivity contribution in [2.45, 2.75) is 20.1 Å². The van der Waals surface area contributed by atoms with Crippen LogP contribution in [0.2, 0.25) is 0 Å². The van der Waals surface area contributed by atoms with Crippen LogP contribution < -0.4 is 14.4 Å². The van der Waals surface area contributed by atoms with Gasteiger partial charge < -0.3 is 24.0 Å². The maximum atomic E-state index is 12.5. The lowest BCUT2D eigenvalue weighted by Gasteiger charge is -2.29. The van der Waals surface area contributed by atoms with Crippen molar-refractivity contribution in [3.8, 4) is 11.5 Å². The van der Waals surface area contributed by atoms with Crippen LogP contribution in [0.3, 0.4) is 0 Å². The molecule has 1 aliphatic heterocycles. The van der Waals surface area contributed by atoms with Crippen molar-refractivity contribution in [1.29, 1.82) is 0 Å². The van der Waals surface area contributed by atoms with E-state index in [-0.39, 0.29) is 17.4 Å². The van der Waals surface area contributed by atoms with Crippen molar-refractivity contribution in [3.05, 3.63) is 59.7 Å². The molecule has 0 aromatic heterocycles. The first-order chi connectivity index (χ1) is 15.5. The molecular formula is C24H28F2N2O4. The van der Waals surface area contributed by atoms with Gasteiger partial charge in [-0.05, 0) is 48.4 Å². The second kappa shape index (κ2) is 11.5. The number of hydrogen-bond donors (Lipinski definition) is 0. The molecule has 2 aromatic rings. The summed E-state index contributed by atoms with van der Waals surface area (Å²) >= 11 is 0. The third kappa shape index (κ3) is 6.68. The van der Waals surface area contributed by atoms with Gasteiger partial charge in [0.2, 0.25) is 5.91 Å². The van der Waals surface area contributed by atoms with Crippen LogP contribution in [0.4, 0.5) is 14.5 Å². The van der Waals surface area contributed by atoms with Gasteiger partial charge in [0, 0.05) is 38.4 Å². The molecule has 32 heavy (non-hydrogen) atoms. The Labute approximate surface area is 187 Å². The highest BCUT2D eigenvalue weighted by Crippen LogP contribution is 2.30. The van der Waals surface area contributed by atoms with Gasteiger partial charge in [0.25, 0.3) is 0 Å². The maximum Gasteiger partial charge on any atom is 0.387 e. The minimum Gasteiger partial charge on any atom is -0.490 e. The number of morpholine rings is 1. The van der Waals surface area contributed by atoms with E-state index in [0.717, 1.165) is 37.6 Å². The van der Waals surface area contributed by atoms with Gasteiger partial charge in [-0.2, -0.15) is 8.78 Å². The molecule has 3 rings (SSSR count). The Morgan fingerprint density at radius 1 is 1.16 bits per heavy atom. The number of anilines is 1. The minimum atomic E-state index is -2.94. The number of alkyl halides is 2. The van der Waals surface area contributed by atoms with Gasteiger partial charge in [0.1, 0.15) is 0 Å². The van der Waals surface area contributed by atoms with Crippen molar-refractivity contribution in [2.75, 3.05) is 44.9 Å². The molecule has 1 aliphatic rings. The zero-order chi connectivity index (χ0) is 22.9.